The van der Waals surface area contributed by atoms with Crippen molar-refractivity contribution in [2.75, 3.05) is 13.2 Å². The Labute approximate surface area is 176 Å². The molecule has 0 fully saturated rings. The zero-order chi connectivity index (χ0) is 21.9. The van der Waals surface area contributed by atoms with E-state index in [1.807, 2.05) is 52.0 Å². The van der Waals surface area contributed by atoms with Crippen molar-refractivity contribution in [2.24, 2.45) is 10.2 Å². The molecule has 0 aliphatic heterocycles. The number of hydrazone groups is 2. The van der Waals surface area contributed by atoms with E-state index in [0.29, 0.717) is 11.5 Å². The SMILES string of the molecule is Cc1ccc(OCC(=O)N/N=C\C=N\NC(=O)COc2ccc(C)c(C)c2)cc1C. The van der Waals surface area contributed by atoms with Crippen LogP contribution in [0.1, 0.15) is 22.3 Å². The van der Waals surface area contributed by atoms with Crippen LogP contribution in [-0.2, 0) is 9.59 Å². The molecule has 0 saturated carbocycles. The molecule has 0 aromatic heterocycles. The van der Waals surface area contributed by atoms with Crippen LogP contribution in [0.5, 0.6) is 11.5 Å². The van der Waals surface area contributed by atoms with E-state index in [-0.39, 0.29) is 13.2 Å². The predicted octanol–water partition coefficient (Wildman–Crippen LogP) is 2.58. The van der Waals surface area contributed by atoms with Gasteiger partial charge in [-0.05, 0) is 74.2 Å². The Kier molecular flexibility index (Phi) is 8.56. The van der Waals surface area contributed by atoms with E-state index in [4.69, 9.17) is 9.47 Å². The van der Waals surface area contributed by atoms with Crippen LogP contribution < -0.4 is 20.3 Å². The fourth-order valence-corrected chi connectivity index (χ4v) is 2.25. The Morgan fingerprint density at radius 3 is 1.50 bits per heavy atom. The number of nitrogens with one attached hydrogen (secondary N) is 2. The minimum atomic E-state index is -0.413. The molecular weight excluding hydrogens is 384 g/mol. The fraction of sp³-hybridized carbons (Fsp3) is 0.273. The van der Waals surface area contributed by atoms with Gasteiger partial charge in [-0.25, -0.2) is 10.9 Å². The highest BCUT2D eigenvalue weighted by Gasteiger charge is 2.03. The van der Waals surface area contributed by atoms with Gasteiger partial charge < -0.3 is 9.47 Å². The molecule has 8 heteroatoms. The maximum Gasteiger partial charge on any atom is 0.277 e. The zero-order valence-corrected chi connectivity index (χ0v) is 17.6. The van der Waals surface area contributed by atoms with Gasteiger partial charge >= 0.3 is 0 Å². The third-order valence-corrected chi connectivity index (χ3v) is 4.29. The van der Waals surface area contributed by atoms with Crippen molar-refractivity contribution in [2.45, 2.75) is 27.7 Å². The summed E-state index contributed by atoms with van der Waals surface area (Å²) in [5.41, 5.74) is 9.08. The zero-order valence-electron chi connectivity index (χ0n) is 17.6. The molecule has 158 valence electrons. The summed E-state index contributed by atoms with van der Waals surface area (Å²) >= 11 is 0. The quantitative estimate of drug-likeness (QED) is 0.490. The number of nitrogens with zero attached hydrogens (tertiary/aromatic N) is 2. The van der Waals surface area contributed by atoms with Crippen LogP contribution >= 0.6 is 0 Å². The molecular formula is C22H26N4O4. The van der Waals surface area contributed by atoms with Crippen LogP contribution in [-0.4, -0.2) is 37.5 Å². The van der Waals surface area contributed by atoms with Crippen molar-refractivity contribution in [3.8, 4) is 11.5 Å². The molecule has 8 nitrogen and oxygen atoms in total. The molecule has 0 saturated heterocycles. The minimum absolute atomic E-state index is 0.163. The van der Waals surface area contributed by atoms with Gasteiger partial charge in [-0.2, -0.15) is 10.2 Å². The second kappa shape index (κ2) is 11.4. The molecule has 0 atom stereocenters. The maximum atomic E-state index is 11.7. The number of hydrogen-bond donors (Lipinski definition) is 2. The van der Waals surface area contributed by atoms with Crippen molar-refractivity contribution >= 4 is 24.2 Å². The Bertz CT molecular complexity index is 877. The normalized spacial score (nSPS) is 10.9. The number of ether oxygens (including phenoxy) is 2. The number of benzene rings is 2. The monoisotopic (exact) mass is 410 g/mol. The van der Waals surface area contributed by atoms with Gasteiger partial charge in [-0.15, -0.1) is 0 Å². The summed E-state index contributed by atoms with van der Waals surface area (Å²) < 4.78 is 10.8. The topological polar surface area (TPSA) is 101 Å². The van der Waals surface area contributed by atoms with Crippen LogP contribution in [0.4, 0.5) is 0 Å². The number of amides is 2. The summed E-state index contributed by atoms with van der Waals surface area (Å²) in [6, 6.07) is 11.2. The van der Waals surface area contributed by atoms with Crippen LogP contribution in [0.2, 0.25) is 0 Å². The standard InChI is InChI=1S/C22H26N4O4/c1-15-5-7-19(11-17(15)3)29-13-21(27)25-23-9-10-24-26-22(28)14-30-20-8-6-16(2)18(4)12-20/h5-12H,13-14H2,1-4H3,(H,25,27)(H,26,28)/b23-9-,24-10+. The number of aryl methyl sites for hydroxylation is 4. The van der Waals surface area contributed by atoms with Crippen molar-refractivity contribution in [1.82, 2.24) is 10.9 Å². The van der Waals surface area contributed by atoms with Gasteiger partial charge in [-0.1, -0.05) is 12.1 Å². The van der Waals surface area contributed by atoms with E-state index >= 15 is 0 Å². The molecule has 0 aliphatic carbocycles. The predicted molar refractivity (Wildman–Crippen MR) is 116 cm³/mol. The van der Waals surface area contributed by atoms with E-state index < -0.39 is 11.8 Å². The Morgan fingerprint density at radius 2 is 1.13 bits per heavy atom. The van der Waals surface area contributed by atoms with Gasteiger partial charge in [0.1, 0.15) is 11.5 Å². The number of hydrogen-bond acceptors (Lipinski definition) is 6. The molecule has 0 unspecified atom stereocenters. The largest absolute Gasteiger partial charge is 0.484 e. The average molecular weight is 410 g/mol. The molecule has 0 heterocycles. The lowest BCUT2D eigenvalue weighted by molar-refractivity contribution is -0.123. The fourth-order valence-electron chi connectivity index (χ4n) is 2.25. The highest BCUT2D eigenvalue weighted by Crippen LogP contribution is 2.17. The van der Waals surface area contributed by atoms with Gasteiger partial charge in [-0.3, -0.25) is 9.59 Å². The highest BCUT2D eigenvalue weighted by molar-refractivity contribution is 6.16. The number of carbonyl (C=O) groups is 2. The van der Waals surface area contributed by atoms with Gasteiger partial charge in [0, 0.05) is 0 Å². The molecule has 2 aromatic rings. The van der Waals surface area contributed by atoms with Crippen molar-refractivity contribution in [3.63, 3.8) is 0 Å². The summed E-state index contributed by atoms with van der Waals surface area (Å²) in [5, 5.41) is 7.37. The third kappa shape index (κ3) is 7.75. The molecule has 30 heavy (non-hydrogen) atoms. The molecule has 0 aliphatic rings. The second-order valence-electron chi connectivity index (χ2n) is 6.70. The first kappa shape index (κ1) is 22.6. The van der Waals surface area contributed by atoms with Gasteiger partial charge in [0.2, 0.25) is 0 Å². The molecule has 2 rings (SSSR count). The van der Waals surface area contributed by atoms with Crippen LogP contribution in [0.25, 0.3) is 0 Å². The van der Waals surface area contributed by atoms with Crippen LogP contribution in [0, 0.1) is 27.7 Å². The van der Waals surface area contributed by atoms with E-state index in [9.17, 15) is 9.59 Å². The van der Waals surface area contributed by atoms with E-state index in [0.717, 1.165) is 22.3 Å². The molecule has 2 N–H and O–H groups in total. The highest BCUT2D eigenvalue weighted by atomic mass is 16.5. The second-order valence-corrected chi connectivity index (χ2v) is 6.70. The van der Waals surface area contributed by atoms with Gasteiger partial charge in [0.25, 0.3) is 11.8 Å². The molecule has 0 radical (unpaired) electrons. The first-order valence-corrected chi connectivity index (χ1v) is 9.37. The summed E-state index contributed by atoms with van der Waals surface area (Å²) in [4.78, 5) is 23.4. The molecule has 0 bridgehead atoms. The van der Waals surface area contributed by atoms with Crippen molar-refractivity contribution in [3.05, 3.63) is 58.7 Å². The van der Waals surface area contributed by atoms with Crippen molar-refractivity contribution in [1.29, 1.82) is 0 Å². The van der Waals surface area contributed by atoms with Crippen LogP contribution in [0.15, 0.2) is 46.6 Å². The molecule has 0 spiro atoms. The van der Waals surface area contributed by atoms with Crippen LogP contribution in [0.3, 0.4) is 0 Å². The lowest BCUT2D eigenvalue weighted by Crippen LogP contribution is -2.25. The smallest absolute Gasteiger partial charge is 0.277 e. The van der Waals surface area contributed by atoms with E-state index in [1.54, 1.807) is 12.1 Å². The Hall–Kier alpha value is -3.68. The van der Waals surface area contributed by atoms with E-state index in [2.05, 4.69) is 21.1 Å². The summed E-state index contributed by atoms with van der Waals surface area (Å²) in [7, 11) is 0. The lowest BCUT2D eigenvalue weighted by atomic mass is 10.1. The summed E-state index contributed by atoms with van der Waals surface area (Å²) in [6.45, 7) is 7.62. The van der Waals surface area contributed by atoms with Crippen molar-refractivity contribution < 1.29 is 19.1 Å². The summed E-state index contributed by atoms with van der Waals surface area (Å²) in [5.74, 6) is 0.404. The summed E-state index contributed by atoms with van der Waals surface area (Å²) in [6.07, 6.45) is 2.47. The molecule has 2 aromatic carbocycles. The third-order valence-electron chi connectivity index (χ3n) is 4.29. The molecule has 2 amide bonds. The van der Waals surface area contributed by atoms with Gasteiger partial charge in [0.05, 0.1) is 12.4 Å². The lowest BCUT2D eigenvalue weighted by Gasteiger charge is -2.07. The Morgan fingerprint density at radius 1 is 0.733 bits per heavy atom. The first-order chi connectivity index (χ1) is 14.3. The average Bonchev–Trinajstić information content (AvgIpc) is 2.72. The minimum Gasteiger partial charge on any atom is -0.484 e. The van der Waals surface area contributed by atoms with Gasteiger partial charge in [0.15, 0.2) is 13.2 Å². The van der Waals surface area contributed by atoms with E-state index in [1.165, 1.54) is 12.4 Å². The number of rotatable bonds is 9. The maximum absolute atomic E-state index is 11.7. The Balaban J connectivity index is 1.63. The first-order valence-electron chi connectivity index (χ1n) is 9.37. The number of carbonyl (C=O) groups excluding carboxylic acids is 2.